The summed E-state index contributed by atoms with van der Waals surface area (Å²) in [6, 6.07) is 0. The van der Waals surface area contributed by atoms with E-state index in [1.807, 2.05) is 11.8 Å². The second kappa shape index (κ2) is 5.90. The first-order chi connectivity index (χ1) is 6.70. The van der Waals surface area contributed by atoms with Crippen LogP contribution in [0.4, 0.5) is 0 Å². The first-order valence-electron chi connectivity index (χ1n) is 4.77. The van der Waals surface area contributed by atoms with Gasteiger partial charge in [0.15, 0.2) is 0 Å². The molecule has 1 aliphatic rings. The van der Waals surface area contributed by atoms with Gasteiger partial charge in [0, 0.05) is 25.3 Å². The summed E-state index contributed by atoms with van der Waals surface area (Å²) in [6.07, 6.45) is 1.10. The highest BCUT2D eigenvalue weighted by atomic mass is 32.2. The number of carbonyl (C=O) groups is 2. The van der Waals surface area contributed by atoms with E-state index in [4.69, 9.17) is 5.11 Å². The SMILES string of the molecule is O=C(O)CCC(=O)N1CCCSCC1. The van der Waals surface area contributed by atoms with Crippen LogP contribution in [0.25, 0.3) is 0 Å². The summed E-state index contributed by atoms with van der Waals surface area (Å²) >= 11 is 1.85. The Morgan fingerprint density at radius 2 is 2.00 bits per heavy atom. The van der Waals surface area contributed by atoms with Crippen LogP contribution >= 0.6 is 11.8 Å². The molecule has 0 radical (unpaired) electrons. The lowest BCUT2D eigenvalue weighted by molar-refractivity contribution is -0.140. The highest BCUT2D eigenvalue weighted by molar-refractivity contribution is 7.99. The molecule has 0 aromatic rings. The molecule has 1 aliphatic heterocycles. The molecule has 1 saturated heterocycles. The largest absolute Gasteiger partial charge is 0.481 e. The molecule has 5 heteroatoms. The molecule has 0 bridgehead atoms. The van der Waals surface area contributed by atoms with E-state index in [0.717, 1.165) is 31.0 Å². The Bertz CT molecular complexity index is 212. The molecule has 1 fully saturated rings. The van der Waals surface area contributed by atoms with Crippen LogP contribution in [-0.4, -0.2) is 46.5 Å². The van der Waals surface area contributed by atoms with Crippen LogP contribution < -0.4 is 0 Å². The molecule has 80 valence electrons. The van der Waals surface area contributed by atoms with E-state index < -0.39 is 5.97 Å². The Morgan fingerprint density at radius 3 is 2.71 bits per heavy atom. The van der Waals surface area contributed by atoms with Gasteiger partial charge in [-0.3, -0.25) is 9.59 Å². The van der Waals surface area contributed by atoms with Crippen LogP contribution in [0.3, 0.4) is 0 Å². The number of carboxylic acid groups (broad SMARTS) is 1. The number of thioether (sulfide) groups is 1. The summed E-state index contributed by atoms with van der Waals surface area (Å²) in [5, 5.41) is 8.44. The van der Waals surface area contributed by atoms with Crippen LogP contribution in [0.15, 0.2) is 0 Å². The minimum atomic E-state index is -0.900. The quantitative estimate of drug-likeness (QED) is 0.760. The molecule has 1 heterocycles. The van der Waals surface area contributed by atoms with E-state index >= 15 is 0 Å². The fourth-order valence-corrected chi connectivity index (χ4v) is 2.25. The summed E-state index contributed by atoms with van der Waals surface area (Å²) in [5.41, 5.74) is 0. The fraction of sp³-hybridized carbons (Fsp3) is 0.778. The molecule has 4 nitrogen and oxygen atoms in total. The van der Waals surface area contributed by atoms with Gasteiger partial charge in [-0.1, -0.05) is 0 Å². The molecule has 1 rings (SSSR count). The van der Waals surface area contributed by atoms with Crippen molar-refractivity contribution in [2.45, 2.75) is 19.3 Å². The van der Waals surface area contributed by atoms with Crippen LogP contribution in [0.5, 0.6) is 0 Å². The van der Waals surface area contributed by atoms with Crippen LogP contribution in [-0.2, 0) is 9.59 Å². The minimum absolute atomic E-state index is 0.0186. The van der Waals surface area contributed by atoms with Crippen molar-refractivity contribution in [1.82, 2.24) is 4.90 Å². The van der Waals surface area contributed by atoms with Crippen molar-refractivity contribution in [3.05, 3.63) is 0 Å². The third-order valence-corrected chi connectivity index (χ3v) is 3.18. The summed E-state index contributed by atoms with van der Waals surface area (Å²) in [7, 11) is 0. The second-order valence-electron chi connectivity index (χ2n) is 3.24. The normalized spacial score (nSPS) is 17.6. The summed E-state index contributed by atoms with van der Waals surface area (Å²) in [6.45, 7) is 1.55. The zero-order chi connectivity index (χ0) is 10.4. The van der Waals surface area contributed by atoms with E-state index in [1.165, 1.54) is 0 Å². The number of carboxylic acids is 1. The van der Waals surface area contributed by atoms with Gasteiger partial charge in [-0.2, -0.15) is 11.8 Å². The molecule has 1 N–H and O–H groups in total. The van der Waals surface area contributed by atoms with Crippen LogP contribution in [0.2, 0.25) is 0 Å². The molecular weight excluding hydrogens is 202 g/mol. The van der Waals surface area contributed by atoms with E-state index in [1.54, 1.807) is 4.90 Å². The summed E-state index contributed by atoms with van der Waals surface area (Å²) in [5.74, 6) is 1.15. The number of nitrogens with zero attached hydrogens (tertiary/aromatic N) is 1. The molecule has 0 saturated carbocycles. The number of rotatable bonds is 3. The molecule has 0 atom stereocenters. The zero-order valence-corrected chi connectivity index (χ0v) is 8.89. The highest BCUT2D eigenvalue weighted by Crippen LogP contribution is 2.11. The molecule has 0 aromatic heterocycles. The molecule has 1 amide bonds. The molecule has 14 heavy (non-hydrogen) atoms. The Morgan fingerprint density at radius 1 is 1.21 bits per heavy atom. The Kier molecular flexibility index (Phi) is 4.79. The number of hydrogen-bond donors (Lipinski definition) is 1. The Labute approximate surface area is 87.7 Å². The number of carbonyl (C=O) groups excluding carboxylic acids is 1. The van der Waals surface area contributed by atoms with E-state index in [9.17, 15) is 9.59 Å². The predicted octanol–water partition coefficient (Wildman–Crippen LogP) is 0.817. The Balaban J connectivity index is 2.30. The average molecular weight is 217 g/mol. The first-order valence-corrected chi connectivity index (χ1v) is 5.93. The average Bonchev–Trinajstić information content (AvgIpc) is 2.42. The molecule has 0 aliphatic carbocycles. The maximum atomic E-state index is 11.5. The van der Waals surface area contributed by atoms with Crippen molar-refractivity contribution in [2.75, 3.05) is 24.6 Å². The van der Waals surface area contributed by atoms with Crippen molar-refractivity contribution in [2.24, 2.45) is 0 Å². The molecule has 0 unspecified atom stereocenters. The van der Waals surface area contributed by atoms with Crippen molar-refractivity contribution >= 4 is 23.6 Å². The van der Waals surface area contributed by atoms with Gasteiger partial charge in [0.1, 0.15) is 0 Å². The maximum Gasteiger partial charge on any atom is 0.303 e. The van der Waals surface area contributed by atoms with Crippen molar-refractivity contribution < 1.29 is 14.7 Å². The Hall–Kier alpha value is -0.710. The van der Waals surface area contributed by atoms with Crippen molar-refractivity contribution in [3.8, 4) is 0 Å². The second-order valence-corrected chi connectivity index (χ2v) is 4.47. The molecule has 0 spiro atoms. The lowest BCUT2D eigenvalue weighted by atomic mass is 10.2. The monoisotopic (exact) mass is 217 g/mol. The van der Waals surface area contributed by atoms with Gasteiger partial charge < -0.3 is 10.0 Å². The lowest BCUT2D eigenvalue weighted by Gasteiger charge is -2.19. The van der Waals surface area contributed by atoms with Gasteiger partial charge in [0.25, 0.3) is 0 Å². The lowest BCUT2D eigenvalue weighted by Crippen LogP contribution is -2.33. The van der Waals surface area contributed by atoms with Gasteiger partial charge in [-0.25, -0.2) is 0 Å². The topological polar surface area (TPSA) is 57.6 Å². The number of aliphatic carboxylic acids is 1. The van der Waals surface area contributed by atoms with E-state index in [-0.39, 0.29) is 18.7 Å². The third-order valence-electron chi connectivity index (χ3n) is 2.13. The summed E-state index contributed by atoms with van der Waals surface area (Å²) < 4.78 is 0. The maximum absolute atomic E-state index is 11.5. The number of hydrogen-bond acceptors (Lipinski definition) is 3. The minimum Gasteiger partial charge on any atom is -0.481 e. The predicted molar refractivity (Wildman–Crippen MR) is 55.4 cm³/mol. The van der Waals surface area contributed by atoms with Gasteiger partial charge >= 0.3 is 5.97 Å². The fourth-order valence-electron chi connectivity index (χ4n) is 1.37. The van der Waals surface area contributed by atoms with Gasteiger partial charge in [-0.05, 0) is 12.2 Å². The zero-order valence-electron chi connectivity index (χ0n) is 8.07. The van der Waals surface area contributed by atoms with Gasteiger partial charge in [-0.15, -0.1) is 0 Å². The standard InChI is InChI=1S/C9H15NO3S/c11-8(2-3-9(12)13)10-4-1-6-14-7-5-10/h1-7H2,(H,12,13). The van der Waals surface area contributed by atoms with Gasteiger partial charge in [0.2, 0.25) is 5.91 Å². The third kappa shape index (κ3) is 4.00. The van der Waals surface area contributed by atoms with Crippen molar-refractivity contribution in [1.29, 1.82) is 0 Å². The van der Waals surface area contributed by atoms with E-state index in [2.05, 4.69) is 0 Å². The smallest absolute Gasteiger partial charge is 0.303 e. The molecule has 0 aromatic carbocycles. The van der Waals surface area contributed by atoms with Crippen LogP contribution in [0.1, 0.15) is 19.3 Å². The highest BCUT2D eigenvalue weighted by Gasteiger charge is 2.15. The first kappa shape index (κ1) is 11.4. The number of amides is 1. The summed E-state index contributed by atoms with van der Waals surface area (Å²) in [4.78, 5) is 23.6. The van der Waals surface area contributed by atoms with Gasteiger partial charge in [0.05, 0.1) is 6.42 Å². The van der Waals surface area contributed by atoms with Crippen molar-refractivity contribution in [3.63, 3.8) is 0 Å². The van der Waals surface area contributed by atoms with E-state index in [0.29, 0.717) is 0 Å². The molecular formula is C9H15NO3S. The van der Waals surface area contributed by atoms with Crippen LogP contribution in [0, 0.1) is 0 Å².